The van der Waals surface area contributed by atoms with Crippen LogP contribution in [0.25, 0.3) is 0 Å². The van der Waals surface area contributed by atoms with Crippen LogP contribution in [0.15, 0.2) is 30.3 Å². The van der Waals surface area contributed by atoms with E-state index in [0.717, 1.165) is 18.8 Å². The molecule has 0 bridgehead atoms. The first-order valence-electron chi connectivity index (χ1n) is 5.48. The molecule has 0 fully saturated rings. The number of carbonyl (C=O) groups excluding carboxylic acids is 1. The van der Waals surface area contributed by atoms with E-state index in [0.29, 0.717) is 13.1 Å². The number of nitrogens with two attached hydrogens (primary N) is 1. The topological polar surface area (TPSA) is 58.4 Å². The molecule has 0 atom stereocenters. The standard InChI is InChI=1S/C12H19N3O/c1-11(16)14-8-10-15(9-7-13)12-5-3-2-4-6-12/h2-6H,7-10,13H2,1H3,(H,14,16). The summed E-state index contributed by atoms with van der Waals surface area (Å²) in [4.78, 5) is 12.9. The van der Waals surface area contributed by atoms with Gasteiger partial charge in [-0.25, -0.2) is 0 Å². The van der Waals surface area contributed by atoms with Gasteiger partial charge in [0, 0.05) is 38.8 Å². The Bertz CT molecular complexity index is 313. The highest BCUT2D eigenvalue weighted by molar-refractivity contribution is 5.72. The van der Waals surface area contributed by atoms with Crippen LogP contribution in [-0.4, -0.2) is 32.1 Å². The SMILES string of the molecule is CC(=O)NCCN(CCN)c1ccccc1. The summed E-state index contributed by atoms with van der Waals surface area (Å²) in [5.41, 5.74) is 6.71. The fourth-order valence-corrected chi connectivity index (χ4v) is 1.53. The third kappa shape index (κ3) is 4.31. The summed E-state index contributed by atoms with van der Waals surface area (Å²) in [5.74, 6) is 0.000704. The Morgan fingerprint density at radius 1 is 1.31 bits per heavy atom. The van der Waals surface area contributed by atoms with E-state index in [1.165, 1.54) is 6.92 Å². The van der Waals surface area contributed by atoms with Crippen molar-refractivity contribution in [3.8, 4) is 0 Å². The summed E-state index contributed by atoms with van der Waals surface area (Å²) in [7, 11) is 0. The molecule has 1 aromatic carbocycles. The van der Waals surface area contributed by atoms with Crippen LogP contribution in [0.5, 0.6) is 0 Å². The minimum atomic E-state index is 0.000704. The number of amides is 1. The van der Waals surface area contributed by atoms with Gasteiger partial charge in [0.05, 0.1) is 0 Å². The second-order valence-corrected chi connectivity index (χ2v) is 3.59. The zero-order chi connectivity index (χ0) is 11.8. The van der Waals surface area contributed by atoms with Crippen molar-refractivity contribution in [1.82, 2.24) is 5.32 Å². The molecule has 0 radical (unpaired) electrons. The van der Waals surface area contributed by atoms with Gasteiger partial charge in [-0.05, 0) is 12.1 Å². The van der Waals surface area contributed by atoms with Crippen molar-refractivity contribution in [3.05, 3.63) is 30.3 Å². The maximum Gasteiger partial charge on any atom is 0.216 e. The highest BCUT2D eigenvalue weighted by Crippen LogP contribution is 2.11. The van der Waals surface area contributed by atoms with Crippen molar-refractivity contribution in [1.29, 1.82) is 0 Å². The van der Waals surface area contributed by atoms with Crippen molar-refractivity contribution in [2.24, 2.45) is 5.73 Å². The van der Waals surface area contributed by atoms with E-state index >= 15 is 0 Å². The Kier molecular flexibility index (Phi) is 5.36. The van der Waals surface area contributed by atoms with Crippen molar-refractivity contribution >= 4 is 11.6 Å². The van der Waals surface area contributed by atoms with E-state index in [4.69, 9.17) is 5.73 Å². The summed E-state index contributed by atoms with van der Waals surface area (Å²) in [5, 5.41) is 2.78. The second kappa shape index (κ2) is 6.85. The minimum Gasteiger partial charge on any atom is -0.369 e. The van der Waals surface area contributed by atoms with E-state index in [-0.39, 0.29) is 5.91 Å². The fourth-order valence-electron chi connectivity index (χ4n) is 1.53. The predicted octanol–water partition coefficient (Wildman–Crippen LogP) is 0.588. The first-order valence-corrected chi connectivity index (χ1v) is 5.48. The monoisotopic (exact) mass is 221 g/mol. The maximum absolute atomic E-state index is 10.8. The van der Waals surface area contributed by atoms with Gasteiger partial charge in [0.15, 0.2) is 0 Å². The van der Waals surface area contributed by atoms with Crippen LogP contribution in [-0.2, 0) is 4.79 Å². The molecule has 0 aliphatic carbocycles. The average Bonchev–Trinajstić information content (AvgIpc) is 2.29. The van der Waals surface area contributed by atoms with Crippen LogP contribution in [0.3, 0.4) is 0 Å². The van der Waals surface area contributed by atoms with Gasteiger partial charge in [-0.3, -0.25) is 4.79 Å². The van der Waals surface area contributed by atoms with E-state index < -0.39 is 0 Å². The molecule has 0 heterocycles. The van der Waals surface area contributed by atoms with Gasteiger partial charge in [-0.2, -0.15) is 0 Å². The molecule has 0 spiro atoms. The molecule has 88 valence electrons. The Labute approximate surface area is 96.4 Å². The largest absolute Gasteiger partial charge is 0.369 e. The van der Waals surface area contributed by atoms with Gasteiger partial charge in [0.1, 0.15) is 0 Å². The molecule has 0 aliphatic heterocycles. The smallest absolute Gasteiger partial charge is 0.216 e. The maximum atomic E-state index is 10.8. The third-order valence-corrected chi connectivity index (χ3v) is 2.28. The van der Waals surface area contributed by atoms with Crippen molar-refractivity contribution in [3.63, 3.8) is 0 Å². The molecule has 16 heavy (non-hydrogen) atoms. The number of anilines is 1. The van der Waals surface area contributed by atoms with E-state index in [9.17, 15) is 4.79 Å². The number of hydrogen-bond donors (Lipinski definition) is 2. The normalized spacial score (nSPS) is 9.88. The molecule has 4 nitrogen and oxygen atoms in total. The molecule has 1 amide bonds. The summed E-state index contributed by atoms with van der Waals surface area (Å²) in [6.45, 7) is 4.35. The van der Waals surface area contributed by atoms with Gasteiger partial charge in [-0.15, -0.1) is 0 Å². The van der Waals surface area contributed by atoms with E-state index in [2.05, 4.69) is 10.2 Å². The number of para-hydroxylation sites is 1. The van der Waals surface area contributed by atoms with Gasteiger partial charge in [0.2, 0.25) is 5.91 Å². The molecule has 0 aliphatic rings. The Balaban J connectivity index is 2.51. The van der Waals surface area contributed by atoms with Gasteiger partial charge >= 0.3 is 0 Å². The molecular weight excluding hydrogens is 202 g/mol. The molecule has 0 saturated heterocycles. The molecular formula is C12H19N3O. The van der Waals surface area contributed by atoms with Gasteiger partial charge in [0.25, 0.3) is 0 Å². The lowest BCUT2D eigenvalue weighted by molar-refractivity contribution is -0.118. The first-order chi connectivity index (χ1) is 7.74. The van der Waals surface area contributed by atoms with Crippen LogP contribution in [0, 0.1) is 0 Å². The summed E-state index contributed by atoms with van der Waals surface area (Å²) >= 11 is 0. The van der Waals surface area contributed by atoms with Crippen LogP contribution < -0.4 is 16.0 Å². The molecule has 0 aromatic heterocycles. The lowest BCUT2D eigenvalue weighted by Gasteiger charge is -2.24. The summed E-state index contributed by atoms with van der Waals surface area (Å²) in [6, 6.07) is 10.1. The minimum absolute atomic E-state index is 0.000704. The zero-order valence-electron chi connectivity index (χ0n) is 9.65. The van der Waals surface area contributed by atoms with Crippen LogP contribution in [0.1, 0.15) is 6.92 Å². The van der Waals surface area contributed by atoms with Crippen molar-refractivity contribution in [2.45, 2.75) is 6.92 Å². The number of rotatable bonds is 6. The molecule has 1 aromatic rings. The van der Waals surface area contributed by atoms with Crippen molar-refractivity contribution in [2.75, 3.05) is 31.1 Å². The molecule has 4 heteroatoms. The molecule has 1 rings (SSSR count). The lowest BCUT2D eigenvalue weighted by atomic mass is 10.3. The number of benzene rings is 1. The van der Waals surface area contributed by atoms with Crippen LogP contribution in [0.4, 0.5) is 5.69 Å². The first kappa shape index (κ1) is 12.5. The summed E-state index contributed by atoms with van der Waals surface area (Å²) in [6.07, 6.45) is 0. The number of hydrogen-bond acceptors (Lipinski definition) is 3. The Hall–Kier alpha value is -1.55. The average molecular weight is 221 g/mol. The van der Waals surface area contributed by atoms with E-state index in [1.54, 1.807) is 0 Å². The number of carbonyl (C=O) groups is 1. The number of nitrogens with one attached hydrogen (secondary N) is 1. The highest BCUT2D eigenvalue weighted by atomic mass is 16.1. The van der Waals surface area contributed by atoms with Gasteiger partial charge < -0.3 is 16.0 Å². The Morgan fingerprint density at radius 3 is 2.56 bits per heavy atom. The van der Waals surface area contributed by atoms with Gasteiger partial charge in [-0.1, -0.05) is 18.2 Å². The van der Waals surface area contributed by atoms with Crippen LogP contribution in [0.2, 0.25) is 0 Å². The predicted molar refractivity (Wildman–Crippen MR) is 66.4 cm³/mol. The quantitative estimate of drug-likeness (QED) is 0.739. The summed E-state index contributed by atoms with van der Waals surface area (Å²) < 4.78 is 0. The van der Waals surface area contributed by atoms with Crippen molar-refractivity contribution < 1.29 is 4.79 Å². The lowest BCUT2D eigenvalue weighted by Crippen LogP contribution is -2.36. The fraction of sp³-hybridized carbons (Fsp3) is 0.417. The molecule has 3 N–H and O–H groups in total. The molecule has 0 saturated carbocycles. The Morgan fingerprint density at radius 2 is 2.00 bits per heavy atom. The van der Waals surface area contributed by atoms with Crippen LogP contribution >= 0.6 is 0 Å². The highest BCUT2D eigenvalue weighted by Gasteiger charge is 2.04. The second-order valence-electron chi connectivity index (χ2n) is 3.59. The third-order valence-electron chi connectivity index (χ3n) is 2.28. The zero-order valence-corrected chi connectivity index (χ0v) is 9.65. The number of nitrogens with zero attached hydrogens (tertiary/aromatic N) is 1. The van der Waals surface area contributed by atoms with E-state index in [1.807, 2.05) is 30.3 Å². The molecule has 0 unspecified atom stereocenters.